The summed E-state index contributed by atoms with van der Waals surface area (Å²) in [5, 5.41) is 9.91. The fraction of sp³-hybridized carbons (Fsp3) is 0.0645. The summed E-state index contributed by atoms with van der Waals surface area (Å²) in [6.07, 6.45) is 1.83. The second-order valence-electron chi connectivity index (χ2n) is 8.28. The Morgan fingerprint density at radius 1 is 0.921 bits per heavy atom. The van der Waals surface area contributed by atoms with Gasteiger partial charge >= 0.3 is 0 Å². The number of nitriles is 1. The maximum atomic E-state index is 13.5. The minimum absolute atomic E-state index is 0.150. The number of rotatable bonds is 7. The topological polar surface area (TPSA) is 74.9 Å². The normalized spacial score (nSPS) is 15.1. The molecule has 0 aliphatic carbocycles. The van der Waals surface area contributed by atoms with E-state index < -0.39 is 0 Å². The Bertz CT molecular complexity index is 1560. The first-order valence-corrected chi connectivity index (χ1v) is 12.7. The Kier molecular flexibility index (Phi) is 7.53. The molecule has 6 nitrogen and oxygen atoms in total. The first-order valence-electron chi connectivity index (χ1n) is 11.9. The zero-order valence-electron chi connectivity index (χ0n) is 20.6. The Morgan fingerprint density at radius 2 is 1.63 bits per heavy atom. The quantitative estimate of drug-likeness (QED) is 0.248. The van der Waals surface area contributed by atoms with E-state index in [4.69, 9.17) is 14.5 Å². The third-order valence-electron chi connectivity index (χ3n) is 5.81. The Labute approximate surface area is 225 Å². The van der Waals surface area contributed by atoms with Crippen LogP contribution in [0.1, 0.15) is 16.7 Å². The molecule has 1 aliphatic rings. The number of aliphatic imine (C=N–C) groups is 1. The fourth-order valence-electron chi connectivity index (χ4n) is 3.92. The van der Waals surface area contributed by atoms with Gasteiger partial charge in [-0.3, -0.25) is 9.69 Å². The molecule has 5 rings (SSSR count). The van der Waals surface area contributed by atoms with E-state index in [-0.39, 0.29) is 12.5 Å². The second-order valence-corrected chi connectivity index (χ2v) is 9.29. The predicted octanol–water partition coefficient (Wildman–Crippen LogP) is 6.95. The molecule has 0 spiro atoms. The molecule has 38 heavy (non-hydrogen) atoms. The highest BCUT2D eigenvalue weighted by Crippen LogP contribution is 2.38. The minimum Gasteiger partial charge on any atom is -0.493 e. The van der Waals surface area contributed by atoms with Gasteiger partial charge in [-0.25, -0.2) is 4.99 Å². The Morgan fingerprint density at radius 3 is 2.37 bits per heavy atom. The van der Waals surface area contributed by atoms with Crippen molar-refractivity contribution in [1.82, 2.24) is 0 Å². The highest BCUT2D eigenvalue weighted by atomic mass is 32.2. The lowest BCUT2D eigenvalue weighted by molar-refractivity contribution is -0.113. The molecular formula is C31H23N3O3S. The number of nitrogens with zero attached hydrogens (tertiary/aromatic N) is 3. The Hall–Kier alpha value is -4.80. The standard InChI is InChI=1S/C31H23N3O3S/c1-36-28-18-22(16-17-27(28)37-21-24-11-9-8-10-23(24)20-32)19-29-30(35)34(26-14-6-3-7-15-26)31(38-29)33-25-12-4-2-5-13-25/h2-19H,21H2,1H3/b29-19+,33-31?. The lowest BCUT2D eigenvalue weighted by atomic mass is 10.1. The number of benzene rings is 4. The third-order valence-corrected chi connectivity index (χ3v) is 6.78. The van der Waals surface area contributed by atoms with Gasteiger partial charge in [-0.1, -0.05) is 60.7 Å². The van der Waals surface area contributed by atoms with E-state index in [0.717, 1.165) is 22.5 Å². The van der Waals surface area contributed by atoms with Crippen LogP contribution in [0.15, 0.2) is 113 Å². The molecule has 0 N–H and O–H groups in total. The highest BCUT2D eigenvalue weighted by molar-refractivity contribution is 8.19. The summed E-state index contributed by atoms with van der Waals surface area (Å²) < 4.78 is 11.5. The van der Waals surface area contributed by atoms with Crippen LogP contribution < -0.4 is 14.4 Å². The molecule has 0 aromatic heterocycles. The van der Waals surface area contributed by atoms with Gasteiger partial charge in [-0.15, -0.1) is 0 Å². The highest BCUT2D eigenvalue weighted by Gasteiger charge is 2.34. The smallest absolute Gasteiger partial charge is 0.271 e. The van der Waals surface area contributed by atoms with E-state index in [0.29, 0.717) is 27.1 Å². The zero-order valence-corrected chi connectivity index (χ0v) is 21.4. The van der Waals surface area contributed by atoms with Gasteiger partial charge in [0.1, 0.15) is 6.61 Å². The van der Waals surface area contributed by atoms with Gasteiger partial charge in [0.2, 0.25) is 0 Å². The molecule has 1 aliphatic heterocycles. The number of methoxy groups -OCH3 is 1. The van der Waals surface area contributed by atoms with Crippen molar-refractivity contribution < 1.29 is 14.3 Å². The second kappa shape index (κ2) is 11.5. The molecule has 0 unspecified atom stereocenters. The van der Waals surface area contributed by atoms with Crippen molar-refractivity contribution in [3.8, 4) is 17.6 Å². The third kappa shape index (κ3) is 5.46. The summed E-state index contributed by atoms with van der Waals surface area (Å²) in [4.78, 5) is 20.4. The molecular weight excluding hydrogens is 494 g/mol. The molecule has 7 heteroatoms. The number of hydrogen-bond donors (Lipinski definition) is 0. The predicted molar refractivity (Wildman–Crippen MR) is 152 cm³/mol. The van der Waals surface area contributed by atoms with Crippen LogP contribution in [0, 0.1) is 11.3 Å². The monoisotopic (exact) mass is 517 g/mol. The summed E-state index contributed by atoms with van der Waals surface area (Å²) in [7, 11) is 1.57. The van der Waals surface area contributed by atoms with Crippen LogP contribution in [0.4, 0.5) is 11.4 Å². The van der Waals surface area contributed by atoms with Crippen LogP contribution in [-0.4, -0.2) is 18.2 Å². The summed E-state index contributed by atoms with van der Waals surface area (Å²) in [6.45, 7) is 0.236. The first kappa shape index (κ1) is 24.9. The van der Waals surface area contributed by atoms with Crippen molar-refractivity contribution in [1.29, 1.82) is 5.26 Å². The van der Waals surface area contributed by atoms with E-state index in [1.54, 1.807) is 24.1 Å². The average molecular weight is 518 g/mol. The summed E-state index contributed by atoms with van der Waals surface area (Å²) >= 11 is 1.33. The van der Waals surface area contributed by atoms with Gasteiger partial charge in [0.25, 0.3) is 5.91 Å². The lowest BCUT2D eigenvalue weighted by Gasteiger charge is -2.15. The summed E-state index contributed by atoms with van der Waals surface area (Å²) in [5.74, 6) is 0.927. The number of carbonyl (C=O) groups is 1. The number of hydrogen-bond acceptors (Lipinski definition) is 6. The van der Waals surface area contributed by atoms with Crippen LogP contribution in [0.2, 0.25) is 0 Å². The maximum Gasteiger partial charge on any atom is 0.271 e. The summed E-state index contributed by atoms with van der Waals surface area (Å²) in [5.41, 5.74) is 3.67. The zero-order chi connectivity index (χ0) is 26.3. The van der Waals surface area contributed by atoms with E-state index in [1.165, 1.54) is 11.8 Å². The largest absolute Gasteiger partial charge is 0.493 e. The van der Waals surface area contributed by atoms with Gasteiger partial charge in [0.15, 0.2) is 16.7 Å². The number of amidine groups is 1. The maximum absolute atomic E-state index is 13.5. The SMILES string of the molecule is COc1cc(/C=C2/SC(=Nc3ccccc3)N(c3ccccc3)C2=O)ccc1OCc1ccccc1C#N. The molecule has 0 atom stereocenters. The molecule has 1 saturated heterocycles. The van der Waals surface area contributed by atoms with Gasteiger partial charge < -0.3 is 9.47 Å². The van der Waals surface area contributed by atoms with E-state index in [1.807, 2.05) is 97.1 Å². The van der Waals surface area contributed by atoms with Crippen molar-refractivity contribution >= 4 is 40.3 Å². The molecule has 0 saturated carbocycles. The van der Waals surface area contributed by atoms with Crippen LogP contribution in [-0.2, 0) is 11.4 Å². The molecule has 4 aromatic rings. The number of ether oxygens (including phenoxy) is 2. The van der Waals surface area contributed by atoms with Gasteiger partial charge in [0, 0.05) is 5.56 Å². The molecule has 0 radical (unpaired) electrons. The molecule has 186 valence electrons. The minimum atomic E-state index is -0.150. The van der Waals surface area contributed by atoms with E-state index in [2.05, 4.69) is 6.07 Å². The molecule has 4 aromatic carbocycles. The van der Waals surface area contributed by atoms with Crippen LogP contribution in [0.3, 0.4) is 0 Å². The molecule has 0 bridgehead atoms. The number of anilines is 1. The average Bonchev–Trinajstić information content (AvgIpc) is 3.27. The van der Waals surface area contributed by atoms with Crippen molar-refractivity contribution in [3.63, 3.8) is 0 Å². The van der Waals surface area contributed by atoms with Crippen molar-refractivity contribution in [3.05, 3.63) is 125 Å². The van der Waals surface area contributed by atoms with Gasteiger partial charge in [-0.2, -0.15) is 5.26 Å². The fourth-order valence-corrected chi connectivity index (χ4v) is 4.92. The number of carbonyl (C=O) groups excluding carboxylic acids is 1. The van der Waals surface area contributed by atoms with Gasteiger partial charge in [-0.05, 0) is 65.9 Å². The van der Waals surface area contributed by atoms with Crippen LogP contribution in [0.5, 0.6) is 11.5 Å². The Balaban J connectivity index is 1.43. The van der Waals surface area contributed by atoms with Crippen molar-refractivity contribution in [2.24, 2.45) is 4.99 Å². The number of para-hydroxylation sites is 2. The molecule has 1 amide bonds. The van der Waals surface area contributed by atoms with E-state index >= 15 is 0 Å². The molecule has 1 heterocycles. The number of amides is 1. The van der Waals surface area contributed by atoms with Crippen molar-refractivity contribution in [2.45, 2.75) is 6.61 Å². The number of thioether (sulfide) groups is 1. The van der Waals surface area contributed by atoms with Crippen LogP contribution >= 0.6 is 11.8 Å². The van der Waals surface area contributed by atoms with Gasteiger partial charge in [0.05, 0.1) is 35.0 Å². The summed E-state index contributed by atoms with van der Waals surface area (Å²) in [6, 6.07) is 34.1. The van der Waals surface area contributed by atoms with E-state index in [9.17, 15) is 10.1 Å². The van der Waals surface area contributed by atoms with Crippen molar-refractivity contribution in [2.75, 3.05) is 12.0 Å². The molecule has 1 fully saturated rings. The lowest BCUT2D eigenvalue weighted by Crippen LogP contribution is -2.28. The first-order chi connectivity index (χ1) is 18.7. The van der Waals surface area contributed by atoms with Crippen LogP contribution in [0.25, 0.3) is 6.08 Å².